The van der Waals surface area contributed by atoms with Crippen LogP contribution in [0.25, 0.3) is 0 Å². The first-order valence-electron chi connectivity index (χ1n) is 10.0. The van der Waals surface area contributed by atoms with Crippen molar-refractivity contribution < 1.29 is 19.1 Å². The molecule has 0 bridgehead atoms. The van der Waals surface area contributed by atoms with E-state index in [1.54, 1.807) is 12.1 Å². The van der Waals surface area contributed by atoms with Crippen LogP contribution in [-0.4, -0.2) is 41.9 Å². The molecule has 4 rings (SSSR count). The molecule has 0 radical (unpaired) electrons. The maximum absolute atomic E-state index is 13.0. The number of benzene rings is 2. The highest BCUT2D eigenvalue weighted by Crippen LogP contribution is 2.28. The Hall–Kier alpha value is -3.79. The normalized spacial score (nSPS) is 19.6. The molecule has 7 nitrogen and oxygen atoms in total. The van der Waals surface area contributed by atoms with Gasteiger partial charge in [0.25, 0.3) is 11.8 Å². The first kappa shape index (κ1) is 20.5. The molecule has 0 aromatic heterocycles. The number of urea groups is 1. The summed E-state index contributed by atoms with van der Waals surface area (Å²) in [7, 11) is 1.54. The Labute approximate surface area is 180 Å². The predicted molar refractivity (Wildman–Crippen MR) is 115 cm³/mol. The molecule has 1 atom stereocenters. The summed E-state index contributed by atoms with van der Waals surface area (Å²) in [4.78, 5) is 39.1. The summed E-state index contributed by atoms with van der Waals surface area (Å²) in [5.74, 6) is 6.09. The van der Waals surface area contributed by atoms with Gasteiger partial charge < -0.3 is 15.0 Å². The minimum Gasteiger partial charge on any atom is -0.497 e. The van der Waals surface area contributed by atoms with E-state index in [1.165, 1.54) is 12.0 Å². The smallest absolute Gasteiger partial charge is 0.323 e. The quantitative estimate of drug-likeness (QED) is 0.591. The number of carbonyl (C=O) groups is 3. The van der Waals surface area contributed by atoms with Gasteiger partial charge in [0.1, 0.15) is 5.75 Å². The molecule has 1 saturated heterocycles. The first-order valence-corrected chi connectivity index (χ1v) is 10.0. The van der Waals surface area contributed by atoms with E-state index in [0.29, 0.717) is 23.8 Å². The van der Waals surface area contributed by atoms with Gasteiger partial charge in [0.15, 0.2) is 0 Å². The Morgan fingerprint density at radius 2 is 1.97 bits per heavy atom. The molecular weight excluding hydrogens is 394 g/mol. The van der Waals surface area contributed by atoms with Crippen molar-refractivity contribution in [1.82, 2.24) is 15.5 Å². The number of nitrogens with one attached hydrogen (secondary N) is 2. The number of rotatable bonds is 4. The molecular formula is C24H23N3O4. The molecule has 1 fully saturated rings. The molecule has 0 saturated carbocycles. The van der Waals surface area contributed by atoms with E-state index in [1.807, 2.05) is 30.3 Å². The maximum atomic E-state index is 13.0. The third-order valence-corrected chi connectivity index (χ3v) is 5.54. The Bertz CT molecular complexity index is 1140. The minimum atomic E-state index is -1.52. The van der Waals surface area contributed by atoms with Crippen molar-refractivity contribution in [3.63, 3.8) is 0 Å². The molecule has 2 aromatic rings. The summed E-state index contributed by atoms with van der Waals surface area (Å²) in [5.41, 5.74) is 1.70. The van der Waals surface area contributed by atoms with Gasteiger partial charge in [-0.1, -0.05) is 43.9 Å². The van der Waals surface area contributed by atoms with Crippen molar-refractivity contribution >= 4 is 17.8 Å². The van der Waals surface area contributed by atoms with Gasteiger partial charge in [-0.15, -0.1) is 0 Å². The zero-order chi connectivity index (χ0) is 22.2. The second-order valence-electron chi connectivity index (χ2n) is 8.03. The van der Waals surface area contributed by atoms with Crippen LogP contribution in [0.2, 0.25) is 0 Å². The fourth-order valence-corrected chi connectivity index (χ4v) is 3.77. The van der Waals surface area contributed by atoms with Crippen LogP contribution in [0.3, 0.4) is 0 Å². The van der Waals surface area contributed by atoms with Gasteiger partial charge >= 0.3 is 6.03 Å². The lowest BCUT2D eigenvalue weighted by Crippen LogP contribution is -2.54. The van der Waals surface area contributed by atoms with E-state index in [9.17, 15) is 14.4 Å². The second kappa shape index (κ2) is 7.80. The van der Waals surface area contributed by atoms with Crippen LogP contribution in [0.15, 0.2) is 42.5 Å². The summed E-state index contributed by atoms with van der Waals surface area (Å²) in [6.45, 7) is 4.44. The standard InChI is InChI=1S/C24H23N3O4/c1-15(2)17-6-4-5-16(11-17)9-10-24(22(29)25-23(30)26-24)14-27-13-18-7-8-19(31-3)12-20(18)21(27)28/h4-8,11-12,15H,13-14H2,1-3H3,(H2,25,26,29,30)/t24-/m1/s1. The topological polar surface area (TPSA) is 87.7 Å². The summed E-state index contributed by atoms with van der Waals surface area (Å²) in [5, 5.41) is 4.88. The Morgan fingerprint density at radius 1 is 1.16 bits per heavy atom. The summed E-state index contributed by atoms with van der Waals surface area (Å²) < 4.78 is 5.21. The van der Waals surface area contributed by atoms with Gasteiger partial charge in [-0.2, -0.15) is 0 Å². The van der Waals surface area contributed by atoms with Crippen LogP contribution in [0, 0.1) is 11.8 Å². The molecule has 0 spiro atoms. The lowest BCUT2D eigenvalue weighted by Gasteiger charge is -2.26. The van der Waals surface area contributed by atoms with Crippen LogP contribution < -0.4 is 15.4 Å². The van der Waals surface area contributed by atoms with Crippen molar-refractivity contribution in [3.05, 3.63) is 64.7 Å². The molecule has 2 aliphatic rings. The largest absolute Gasteiger partial charge is 0.497 e. The highest BCUT2D eigenvalue weighted by molar-refractivity contribution is 6.10. The Kier molecular flexibility index (Phi) is 5.15. The second-order valence-corrected chi connectivity index (χ2v) is 8.03. The molecule has 31 heavy (non-hydrogen) atoms. The van der Waals surface area contributed by atoms with Gasteiger partial charge in [-0.05, 0) is 41.3 Å². The molecule has 2 N–H and O–H groups in total. The van der Waals surface area contributed by atoms with Crippen molar-refractivity contribution in [1.29, 1.82) is 0 Å². The van der Waals surface area contributed by atoms with Crippen LogP contribution in [0.4, 0.5) is 4.79 Å². The van der Waals surface area contributed by atoms with Crippen molar-refractivity contribution in [3.8, 4) is 17.6 Å². The number of ether oxygens (including phenoxy) is 1. The molecule has 2 aromatic carbocycles. The monoisotopic (exact) mass is 417 g/mol. The van der Waals surface area contributed by atoms with Crippen LogP contribution >= 0.6 is 0 Å². The average Bonchev–Trinajstić information content (AvgIpc) is 3.21. The number of fused-ring (bicyclic) bond motifs is 1. The van der Waals surface area contributed by atoms with Crippen molar-refractivity contribution in [2.24, 2.45) is 0 Å². The number of nitrogens with zero attached hydrogens (tertiary/aromatic N) is 1. The van der Waals surface area contributed by atoms with Gasteiger partial charge in [-0.3, -0.25) is 14.9 Å². The third-order valence-electron chi connectivity index (χ3n) is 5.54. The first-order chi connectivity index (χ1) is 14.8. The minimum absolute atomic E-state index is 0.0583. The number of amides is 4. The third kappa shape index (κ3) is 3.84. The molecule has 2 aliphatic heterocycles. The number of imide groups is 1. The zero-order valence-electron chi connectivity index (χ0n) is 17.6. The van der Waals surface area contributed by atoms with Crippen LogP contribution in [0.5, 0.6) is 5.75 Å². The summed E-state index contributed by atoms with van der Waals surface area (Å²) >= 11 is 0. The fraction of sp³-hybridized carbons (Fsp3) is 0.292. The van der Waals surface area contributed by atoms with Gasteiger partial charge in [0.05, 0.1) is 13.7 Å². The number of carbonyl (C=O) groups excluding carboxylic acids is 3. The number of hydrogen-bond acceptors (Lipinski definition) is 4. The van der Waals surface area contributed by atoms with Crippen molar-refractivity contribution in [2.75, 3.05) is 13.7 Å². The molecule has 4 amide bonds. The van der Waals surface area contributed by atoms with Crippen molar-refractivity contribution in [2.45, 2.75) is 31.8 Å². The molecule has 158 valence electrons. The predicted octanol–water partition coefficient (Wildman–Crippen LogP) is 2.40. The van der Waals surface area contributed by atoms with E-state index in [0.717, 1.165) is 16.7 Å². The molecule has 2 heterocycles. The van der Waals surface area contributed by atoms with E-state index < -0.39 is 17.5 Å². The van der Waals surface area contributed by atoms with E-state index >= 15 is 0 Å². The Balaban J connectivity index is 1.65. The zero-order valence-corrected chi connectivity index (χ0v) is 17.6. The molecule has 7 heteroatoms. The van der Waals surface area contributed by atoms with Gasteiger partial charge in [0.2, 0.25) is 5.54 Å². The summed E-state index contributed by atoms with van der Waals surface area (Å²) in [6.07, 6.45) is 0. The van der Waals surface area contributed by atoms with E-state index in [-0.39, 0.29) is 12.5 Å². The maximum Gasteiger partial charge on any atom is 0.323 e. The van der Waals surface area contributed by atoms with Gasteiger partial charge in [0, 0.05) is 17.7 Å². The lowest BCUT2D eigenvalue weighted by atomic mass is 9.97. The van der Waals surface area contributed by atoms with Crippen LogP contribution in [0.1, 0.15) is 46.8 Å². The average molecular weight is 417 g/mol. The lowest BCUT2D eigenvalue weighted by molar-refractivity contribution is -0.122. The fourth-order valence-electron chi connectivity index (χ4n) is 3.77. The van der Waals surface area contributed by atoms with Gasteiger partial charge in [-0.25, -0.2) is 4.79 Å². The highest BCUT2D eigenvalue weighted by Gasteiger charge is 2.48. The van der Waals surface area contributed by atoms with E-state index in [2.05, 4.69) is 36.3 Å². The summed E-state index contributed by atoms with van der Waals surface area (Å²) in [6, 6.07) is 12.4. The molecule has 0 unspecified atom stereocenters. The number of hydrogen-bond donors (Lipinski definition) is 2. The number of methoxy groups -OCH3 is 1. The Morgan fingerprint density at radius 3 is 2.65 bits per heavy atom. The van der Waals surface area contributed by atoms with Crippen LogP contribution in [-0.2, 0) is 11.3 Å². The molecule has 0 aliphatic carbocycles. The van der Waals surface area contributed by atoms with E-state index in [4.69, 9.17) is 4.74 Å². The SMILES string of the molecule is COc1ccc2c(c1)C(=O)N(C[C@@]1(C#Cc3cccc(C(C)C)c3)NC(=O)NC1=O)C2. The highest BCUT2D eigenvalue weighted by atomic mass is 16.5.